The molecular formula is C81H68N16O8S3. The number of fused-ring (bicyclic) bond motifs is 6. The highest BCUT2D eigenvalue weighted by molar-refractivity contribution is 7.13. The van der Waals surface area contributed by atoms with E-state index < -0.39 is 12.1 Å². The van der Waals surface area contributed by atoms with E-state index in [1.807, 2.05) is 226 Å². The fourth-order valence-corrected chi connectivity index (χ4v) is 14.2. The van der Waals surface area contributed by atoms with Crippen LogP contribution in [0.3, 0.4) is 0 Å². The Bertz CT molecular complexity index is 5870. The molecule has 2 unspecified atom stereocenters. The lowest BCUT2D eigenvalue weighted by molar-refractivity contribution is -0.119. The van der Waals surface area contributed by atoms with Gasteiger partial charge in [-0.25, -0.2) is 34.9 Å². The maximum absolute atomic E-state index is 12.9. The van der Waals surface area contributed by atoms with Crippen molar-refractivity contribution < 1.29 is 38.1 Å². The minimum atomic E-state index is -0.448. The molecule has 8 aromatic heterocycles. The standard InChI is InChI=1S/C22H20N4O.C20H16N4O3S.C20H18N4OS.C19H14N4O3S/c1-15-10-12-17(13-11-15)24-22(27)16(2)26-20-9-4-3-7-18(20)25-21(26)19-8-5-6-14-23-19;25-18(22-13-5-6-16-17(11-13)27-9-8-26-16)12-24-15-4-2-1-3-14(15)23-19(24)20-21-7-10-28-20;1-13-7-9-15(10-8-13)22-19(25)14(2)24-17-6-4-3-5-16(17)23-18(24)20-21-11-12-26-20;24-17(21-12-5-6-15-16(9-12)26-11-25-15)10-23-14-4-2-1-3-13(14)22-18(23)19-20-7-8-27-19/h3-14,16H,1-2H3,(H,24,27);1-7,10-11H,8-9,12H2,(H,22,25);3-12,14H,1-2H3,(H,22,25);1-9H,10-11H2,(H,21,24). The first-order chi connectivity index (χ1) is 52.8. The van der Waals surface area contributed by atoms with E-state index in [1.54, 1.807) is 61.2 Å². The maximum Gasteiger partial charge on any atom is 0.247 e. The summed E-state index contributed by atoms with van der Waals surface area (Å²) in [4.78, 5) is 87.6. The van der Waals surface area contributed by atoms with E-state index in [-0.39, 0.29) is 43.5 Å². The summed E-state index contributed by atoms with van der Waals surface area (Å²) >= 11 is 4.50. The van der Waals surface area contributed by atoms with Crippen molar-refractivity contribution >= 4 is 125 Å². The molecule has 18 rings (SSSR count). The number of imidazole rings is 4. The van der Waals surface area contributed by atoms with Crippen molar-refractivity contribution in [1.82, 2.24) is 58.1 Å². The van der Waals surface area contributed by atoms with Gasteiger partial charge >= 0.3 is 0 Å². The third-order valence-corrected chi connectivity index (χ3v) is 19.8. The smallest absolute Gasteiger partial charge is 0.247 e. The zero-order valence-electron chi connectivity index (χ0n) is 58.6. The molecule has 0 saturated carbocycles. The fraction of sp³-hybridized carbons (Fsp3) is 0.136. The number of aryl methyl sites for hydroxylation is 2. The van der Waals surface area contributed by atoms with Crippen LogP contribution in [0.25, 0.3) is 88.1 Å². The number of anilines is 4. The van der Waals surface area contributed by atoms with Crippen LogP contribution in [0.1, 0.15) is 37.1 Å². The number of carbonyl (C=O) groups is 4. The second-order valence-electron chi connectivity index (χ2n) is 24.9. The lowest BCUT2D eigenvalue weighted by Crippen LogP contribution is -2.24. The molecule has 0 aliphatic carbocycles. The number of para-hydroxylation sites is 8. The summed E-state index contributed by atoms with van der Waals surface area (Å²) in [5.74, 6) is 4.92. The highest BCUT2D eigenvalue weighted by atomic mass is 32.1. The SMILES string of the molecule is Cc1ccc(NC(=O)C(C)n2c(-c3ccccn3)nc3ccccc32)cc1.Cc1ccc(NC(=O)C(C)n2c(-c3nccs3)nc3ccccc32)cc1.O=C(Cn1c(-c2nccs2)nc2ccccc21)Nc1ccc2c(c1)OCCO2.O=C(Cn1c(-c2nccs2)nc2ccccc21)Nc1ccc2c(c1)OCO2. The van der Waals surface area contributed by atoms with Crippen molar-refractivity contribution in [2.75, 3.05) is 41.3 Å². The number of aromatic nitrogens is 12. The lowest BCUT2D eigenvalue weighted by Gasteiger charge is -2.19. The van der Waals surface area contributed by atoms with Crippen LogP contribution >= 0.6 is 34.0 Å². The van der Waals surface area contributed by atoms with E-state index in [2.05, 4.69) is 51.2 Å². The Morgan fingerprint density at radius 3 is 1.23 bits per heavy atom. The van der Waals surface area contributed by atoms with Gasteiger partial charge in [-0.05, 0) is 137 Å². The van der Waals surface area contributed by atoms with Crippen molar-refractivity contribution in [3.05, 3.63) is 252 Å². The third-order valence-electron chi connectivity index (χ3n) is 17.5. The van der Waals surface area contributed by atoms with Gasteiger partial charge in [0.25, 0.3) is 0 Å². The van der Waals surface area contributed by atoms with Gasteiger partial charge in [0.05, 0.1) is 44.1 Å². The number of carbonyl (C=O) groups excluding carboxylic acids is 4. The first-order valence-corrected chi connectivity index (χ1v) is 37.1. The van der Waals surface area contributed by atoms with Crippen LogP contribution in [0.4, 0.5) is 22.7 Å². The van der Waals surface area contributed by atoms with E-state index in [0.29, 0.717) is 70.9 Å². The van der Waals surface area contributed by atoms with Crippen LogP contribution in [-0.2, 0) is 32.3 Å². The third kappa shape index (κ3) is 15.7. The Balaban J connectivity index is 0.000000115. The van der Waals surface area contributed by atoms with Gasteiger partial charge < -0.3 is 58.5 Å². The molecule has 4 N–H and O–H groups in total. The molecule has 538 valence electrons. The zero-order valence-corrected chi connectivity index (χ0v) is 61.1. The van der Waals surface area contributed by atoms with Crippen LogP contribution in [0.15, 0.2) is 241 Å². The van der Waals surface area contributed by atoms with Crippen LogP contribution < -0.4 is 40.2 Å². The molecule has 4 amide bonds. The minimum Gasteiger partial charge on any atom is -0.486 e. The van der Waals surface area contributed by atoms with Gasteiger partial charge in [0.1, 0.15) is 44.1 Å². The Morgan fingerprint density at radius 2 is 0.769 bits per heavy atom. The number of nitrogens with zero attached hydrogens (tertiary/aromatic N) is 12. The van der Waals surface area contributed by atoms with E-state index in [1.165, 1.54) is 34.0 Å². The summed E-state index contributed by atoms with van der Waals surface area (Å²) < 4.78 is 29.4. The quantitative estimate of drug-likeness (QED) is 0.0700. The Hall–Kier alpha value is -13.2. The number of amides is 4. The molecule has 2 atom stereocenters. The van der Waals surface area contributed by atoms with Gasteiger partial charge in [0.15, 0.2) is 61.3 Å². The molecule has 2 aliphatic rings. The average molecular weight is 1490 g/mol. The first-order valence-electron chi connectivity index (χ1n) is 34.4. The molecule has 0 fully saturated rings. The van der Waals surface area contributed by atoms with Crippen molar-refractivity contribution in [3.8, 4) is 67.0 Å². The summed E-state index contributed by atoms with van der Waals surface area (Å²) in [7, 11) is 0. The normalized spacial score (nSPS) is 12.4. The van der Waals surface area contributed by atoms with Crippen LogP contribution in [0, 0.1) is 13.8 Å². The first kappa shape index (κ1) is 70.4. The largest absolute Gasteiger partial charge is 0.486 e. The van der Waals surface area contributed by atoms with Crippen LogP contribution in [0.5, 0.6) is 23.0 Å². The molecule has 108 heavy (non-hydrogen) atoms. The molecule has 0 saturated heterocycles. The summed E-state index contributed by atoms with van der Waals surface area (Å²) in [5.41, 5.74) is 12.9. The predicted molar refractivity (Wildman–Crippen MR) is 422 cm³/mol. The topological polar surface area (TPSA) is 276 Å². The van der Waals surface area contributed by atoms with Crippen molar-refractivity contribution in [2.24, 2.45) is 0 Å². The van der Waals surface area contributed by atoms with Gasteiger partial charge in [-0.1, -0.05) is 90.0 Å². The van der Waals surface area contributed by atoms with Gasteiger partial charge in [0, 0.05) is 75.8 Å². The summed E-state index contributed by atoms with van der Waals surface area (Å²) in [6.45, 7) is 9.29. The zero-order chi connectivity index (χ0) is 74.0. The lowest BCUT2D eigenvalue weighted by atomic mass is 10.2. The second-order valence-corrected chi connectivity index (χ2v) is 27.6. The highest BCUT2D eigenvalue weighted by Gasteiger charge is 2.27. The number of nitrogens with one attached hydrogen (secondary N) is 4. The molecule has 16 aromatic rings. The van der Waals surface area contributed by atoms with Crippen molar-refractivity contribution in [3.63, 3.8) is 0 Å². The minimum absolute atomic E-state index is 0.0881. The van der Waals surface area contributed by atoms with Gasteiger partial charge in [-0.3, -0.25) is 24.2 Å². The Kier molecular flexibility index (Phi) is 20.9. The van der Waals surface area contributed by atoms with E-state index in [9.17, 15) is 19.2 Å². The van der Waals surface area contributed by atoms with Gasteiger partial charge in [-0.2, -0.15) is 0 Å². The van der Waals surface area contributed by atoms with Crippen molar-refractivity contribution in [2.45, 2.75) is 52.9 Å². The second kappa shape index (κ2) is 32.0. The van der Waals surface area contributed by atoms with Crippen LogP contribution in [0.2, 0.25) is 0 Å². The van der Waals surface area contributed by atoms with E-state index in [4.69, 9.17) is 28.9 Å². The summed E-state index contributed by atoms with van der Waals surface area (Å²) in [5, 5.41) is 19.9. The van der Waals surface area contributed by atoms with E-state index >= 15 is 0 Å². The number of rotatable bonds is 16. The molecule has 10 heterocycles. The van der Waals surface area contributed by atoms with E-state index in [0.717, 1.165) is 87.4 Å². The summed E-state index contributed by atoms with van der Waals surface area (Å²) in [6, 6.07) is 62.2. The highest BCUT2D eigenvalue weighted by Crippen LogP contribution is 2.37. The van der Waals surface area contributed by atoms with Crippen molar-refractivity contribution in [1.29, 1.82) is 0 Å². The van der Waals surface area contributed by atoms with Crippen LogP contribution in [-0.4, -0.2) is 102 Å². The average Bonchev–Trinajstić information content (AvgIpc) is 1.62. The number of ether oxygens (including phenoxy) is 4. The fourth-order valence-electron chi connectivity index (χ4n) is 12.3. The molecule has 27 heteroatoms. The molecular weight excluding hydrogens is 1420 g/mol. The molecule has 2 aliphatic heterocycles. The molecule has 0 radical (unpaired) electrons. The maximum atomic E-state index is 12.9. The monoisotopic (exact) mass is 1490 g/mol. The molecule has 24 nitrogen and oxygen atoms in total. The van der Waals surface area contributed by atoms with Gasteiger partial charge in [0.2, 0.25) is 30.4 Å². The number of thiazole rings is 3. The molecule has 8 aromatic carbocycles. The number of pyridine rings is 1. The Morgan fingerprint density at radius 1 is 0.389 bits per heavy atom. The Labute approximate surface area is 630 Å². The number of benzene rings is 8. The number of hydrogen-bond donors (Lipinski definition) is 4. The van der Waals surface area contributed by atoms with Gasteiger partial charge in [-0.15, -0.1) is 34.0 Å². The summed E-state index contributed by atoms with van der Waals surface area (Å²) in [6.07, 6.45) is 6.95. The number of hydrogen-bond acceptors (Lipinski definition) is 19. The molecule has 0 bridgehead atoms. The molecule has 0 spiro atoms. The predicted octanol–water partition coefficient (Wildman–Crippen LogP) is 16.4.